The summed E-state index contributed by atoms with van der Waals surface area (Å²) < 4.78 is 0. The molecule has 0 saturated carbocycles. The van der Waals surface area contributed by atoms with E-state index in [4.69, 9.17) is 0 Å². The molecule has 1 heterocycles. The van der Waals surface area contributed by atoms with Gasteiger partial charge in [0, 0.05) is 10.9 Å². The van der Waals surface area contributed by atoms with Gasteiger partial charge in [-0.1, -0.05) is 75.6 Å². The SMILES string of the molecule is CCCCCc1cccc(-c2cccc3ccc(C(=O)O)nc23)c1CCCC. The number of nitrogens with zero attached hydrogens (tertiary/aromatic N) is 1. The molecule has 0 bridgehead atoms. The first-order valence-corrected chi connectivity index (χ1v) is 10.4. The summed E-state index contributed by atoms with van der Waals surface area (Å²) in [6, 6.07) is 16.1. The van der Waals surface area contributed by atoms with Crippen molar-refractivity contribution in [3.63, 3.8) is 0 Å². The van der Waals surface area contributed by atoms with Gasteiger partial charge in [-0.25, -0.2) is 9.78 Å². The van der Waals surface area contributed by atoms with Gasteiger partial charge < -0.3 is 5.11 Å². The van der Waals surface area contributed by atoms with E-state index < -0.39 is 5.97 Å². The summed E-state index contributed by atoms with van der Waals surface area (Å²) in [6.07, 6.45) is 8.11. The molecule has 0 fully saturated rings. The second kappa shape index (κ2) is 9.50. The van der Waals surface area contributed by atoms with E-state index in [9.17, 15) is 9.90 Å². The summed E-state index contributed by atoms with van der Waals surface area (Å²) in [7, 11) is 0. The second-order valence-electron chi connectivity index (χ2n) is 7.38. The molecule has 0 unspecified atom stereocenters. The Bertz CT molecular complexity index is 962. The van der Waals surface area contributed by atoms with Crippen molar-refractivity contribution in [1.29, 1.82) is 0 Å². The molecule has 0 aliphatic carbocycles. The molecule has 0 aliphatic heterocycles. The number of para-hydroxylation sites is 1. The highest BCUT2D eigenvalue weighted by atomic mass is 16.4. The highest BCUT2D eigenvalue weighted by Gasteiger charge is 2.14. The second-order valence-corrected chi connectivity index (χ2v) is 7.38. The largest absolute Gasteiger partial charge is 0.477 e. The van der Waals surface area contributed by atoms with Crippen LogP contribution in [0.3, 0.4) is 0 Å². The zero-order valence-electron chi connectivity index (χ0n) is 16.9. The standard InChI is InChI=1S/C25H29NO2/c1-3-5-7-10-18-11-8-14-21(20(18)13-6-4-2)22-15-9-12-19-16-17-23(25(27)28)26-24(19)22/h8-9,11-12,14-17H,3-7,10,13H2,1-2H3,(H,27,28). The number of aromatic nitrogens is 1. The number of carboxylic acids is 1. The maximum Gasteiger partial charge on any atom is 0.354 e. The van der Waals surface area contributed by atoms with Crippen molar-refractivity contribution in [3.05, 3.63) is 65.4 Å². The van der Waals surface area contributed by atoms with Gasteiger partial charge in [0.15, 0.2) is 0 Å². The van der Waals surface area contributed by atoms with Crippen molar-refractivity contribution >= 4 is 16.9 Å². The minimum Gasteiger partial charge on any atom is -0.477 e. The number of fused-ring (bicyclic) bond motifs is 1. The van der Waals surface area contributed by atoms with E-state index in [0.29, 0.717) is 0 Å². The summed E-state index contributed by atoms with van der Waals surface area (Å²) in [5.74, 6) is -0.990. The fraction of sp³-hybridized carbons (Fsp3) is 0.360. The van der Waals surface area contributed by atoms with Crippen molar-refractivity contribution in [2.75, 3.05) is 0 Å². The zero-order chi connectivity index (χ0) is 19.9. The maximum absolute atomic E-state index is 11.4. The Labute approximate surface area is 167 Å². The van der Waals surface area contributed by atoms with Crippen LogP contribution in [0.15, 0.2) is 48.5 Å². The van der Waals surface area contributed by atoms with Gasteiger partial charge in [0.1, 0.15) is 5.69 Å². The van der Waals surface area contributed by atoms with Crippen LogP contribution in [0.2, 0.25) is 0 Å². The van der Waals surface area contributed by atoms with Gasteiger partial charge in [0.25, 0.3) is 0 Å². The van der Waals surface area contributed by atoms with Crippen LogP contribution in [0.25, 0.3) is 22.0 Å². The fourth-order valence-corrected chi connectivity index (χ4v) is 3.82. The third-order valence-corrected chi connectivity index (χ3v) is 5.33. The average Bonchev–Trinajstić information content (AvgIpc) is 2.72. The normalized spacial score (nSPS) is 11.1. The molecule has 3 nitrogen and oxygen atoms in total. The number of carbonyl (C=O) groups is 1. The van der Waals surface area contributed by atoms with Crippen molar-refractivity contribution in [1.82, 2.24) is 4.98 Å². The minimum absolute atomic E-state index is 0.0918. The van der Waals surface area contributed by atoms with Crippen molar-refractivity contribution in [3.8, 4) is 11.1 Å². The van der Waals surface area contributed by atoms with Crippen LogP contribution < -0.4 is 0 Å². The fourth-order valence-electron chi connectivity index (χ4n) is 3.82. The third-order valence-electron chi connectivity index (χ3n) is 5.33. The minimum atomic E-state index is -0.990. The zero-order valence-corrected chi connectivity index (χ0v) is 16.9. The van der Waals surface area contributed by atoms with Crippen LogP contribution >= 0.6 is 0 Å². The number of benzene rings is 2. The molecule has 3 aromatic rings. The van der Waals surface area contributed by atoms with Crippen LogP contribution in [0.1, 0.15) is 67.6 Å². The van der Waals surface area contributed by atoms with Gasteiger partial charge in [-0.3, -0.25) is 0 Å². The summed E-state index contributed by atoms with van der Waals surface area (Å²) in [6.45, 7) is 4.45. The van der Waals surface area contributed by atoms with E-state index >= 15 is 0 Å². The number of pyridine rings is 1. The maximum atomic E-state index is 11.4. The highest BCUT2D eigenvalue weighted by molar-refractivity contribution is 5.97. The molecule has 0 saturated heterocycles. The lowest BCUT2D eigenvalue weighted by Crippen LogP contribution is -2.02. The Balaban J connectivity index is 2.15. The van der Waals surface area contributed by atoms with Gasteiger partial charge in [0.2, 0.25) is 0 Å². The Morgan fingerprint density at radius 1 is 0.857 bits per heavy atom. The van der Waals surface area contributed by atoms with E-state index in [1.54, 1.807) is 6.07 Å². The Morgan fingerprint density at radius 2 is 1.61 bits per heavy atom. The van der Waals surface area contributed by atoms with Crippen LogP contribution in [0.5, 0.6) is 0 Å². The number of carboxylic acid groups (broad SMARTS) is 1. The summed E-state index contributed by atoms with van der Waals surface area (Å²) >= 11 is 0. The number of hydrogen-bond donors (Lipinski definition) is 1. The van der Waals surface area contributed by atoms with Gasteiger partial charge >= 0.3 is 5.97 Å². The number of hydrogen-bond acceptors (Lipinski definition) is 2. The van der Waals surface area contributed by atoms with E-state index in [2.05, 4.69) is 43.1 Å². The lowest BCUT2D eigenvalue weighted by atomic mass is 9.89. The van der Waals surface area contributed by atoms with Gasteiger partial charge in [-0.05, 0) is 48.4 Å². The lowest BCUT2D eigenvalue weighted by Gasteiger charge is -2.16. The van der Waals surface area contributed by atoms with Gasteiger partial charge in [-0.2, -0.15) is 0 Å². The first-order valence-electron chi connectivity index (χ1n) is 10.4. The summed E-state index contributed by atoms with van der Waals surface area (Å²) in [4.78, 5) is 15.9. The van der Waals surface area contributed by atoms with Crippen molar-refractivity contribution < 1.29 is 9.90 Å². The van der Waals surface area contributed by atoms with Crippen LogP contribution in [-0.2, 0) is 12.8 Å². The molecule has 0 spiro atoms. The molecule has 1 N–H and O–H groups in total. The molecule has 2 aromatic carbocycles. The highest BCUT2D eigenvalue weighted by Crippen LogP contribution is 2.33. The molecule has 28 heavy (non-hydrogen) atoms. The third kappa shape index (κ3) is 4.41. The molecule has 0 radical (unpaired) electrons. The van der Waals surface area contributed by atoms with E-state index in [1.165, 1.54) is 36.0 Å². The molecule has 0 amide bonds. The molecule has 0 aliphatic rings. The Kier molecular flexibility index (Phi) is 6.80. The first kappa shape index (κ1) is 20.1. The quantitative estimate of drug-likeness (QED) is 0.425. The molecule has 3 heteroatoms. The van der Waals surface area contributed by atoms with E-state index in [-0.39, 0.29) is 5.69 Å². The number of aryl methyl sites for hydroxylation is 1. The van der Waals surface area contributed by atoms with Crippen LogP contribution in [-0.4, -0.2) is 16.1 Å². The predicted octanol–water partition coefficient (Wildman–Crippen LogP) is 6.68. The lowest BCUT2D eigenvalue weighted by molar-refractivity contribution is 0.0691. The van der Waals surface area contributed by atoms with Gasteiger partial charge in [0.05, 0.1) is 5.52 Å². The predicted molar refractivity (Wildman–Crippen MR) is 116 cm³/mol. The summed E-state index contributed by atoms with van der Waals surface area (Å²) in [5.41, 5.74) is 5.91. The molecular formula is C25H29NO2. The topological polar surface area (TPSA) is 50.2 Å². The molecule has 146 valence electrons. The Hall–Kier alpha value is -2.68. The van der Waals surface area contributed by atoms with E-state index in [0.717, 1.165) is 42.1 Å². The molecule has 1 aromatic heterocycles. The molecule has 3 rings (SSSR count). The number of rotatable bonds is 9. The number of aromatic carboxylic acids is 1. The van der Waals surface area contributed by atoms with Crippen molar-refractivity contribution in [2.24, 2.45) is 0 Å². The molecule has 0 atom stereocenters. The first-order chi connectivity index (χ1) is 13.7. The van der Waals surface area contributed by atoms with Gasteiger partial charge in [-0.15, -0.1) is 0 Å². The average molecular weight is 376 g/mol. The van der Waals surface area contributed by atoms with Crippen LogP contribution in [0.4, 0.5) is 0 Å². The number of unbranched alkanes of at least 4 members (excludes halogenated alkanes) is 3. The Morgan fingerprint density at radius 3 is 2.36 bits per heavy atom. The van der Waals surface area contributed by atoms with Crippen LogP contribution in [0, 0.1) is 0 Å². The molecular weight excluding hydrogens is 346 g/mol. The van der Waals surface area contributed by atoms with Crippen molar-refractivity contribution in [2.45, 2.75) is 58.8 Å². The van der Waals surface area contributed by atoms with E-state index in [1.807, 2.05) is 18.2 Å². The monoisotopic (exact) mass is 375 g/mol. The smallest absolute Gasteiger partial charge is 0.354 e. The summed E-state index contributed by atoms with van der Waals surface area (Å²) in [5, 5.41) is 10.4.